The second kappa shape index (κ2) is 4.85. The molecule has 1 saturated heterocycles. The maximum absolute atomic E-state index is 12.2. The van der Waals surface area contributed by atoms with Gasteiger partial charge in [-0.05, 0) is 26.2 Å². The van der Waals surface area contributed by atoms with Crippen molar-refractivity contribution < 1.29 is 9.59 Å². The van der Waals surface area contributed by atoms with Crippen LogP contribution in [-0.4, -0.2) is 34.8 Å². The minimum Gasteiger partial charge on any atom is -0.342 e. The van der Waals surface area contributed by atoms with Gasteiger partial charge in [-0.15, -0.1) is 0 Å². The lowest BCUT2D eigenvalue weighted by molar-refractivity contribution is -0.152. The molecular weight excluding hydrogens is 204 g/mol. The van der Waals surface area contributed by atoms with Gasteiger partial charge in [-0.25, -0.2) is 0 Å². The molecule has 4 heteroatoms. The number of carbonyl (C=O) groups excluding carboxylic acids is 2. The zero-order chi connectivity index (χ0) is 12.5. The smallest absolute Gasteiger partial charge is 0.246 e. The maximum atomic E-state index is 12.2. The predicted octanol–water partition coefficient (Wildman–Crippen LogP) is 1.16. The lowest BCUT2D eigenvalue weighted by atomic mass is 9.96. The molecular formula is C12H22N2O2. The largest absolute Gasteiger partial charge is 0.342 e. The van der Waals surface area contributed by atoms with E-state index in [0.29, 0.717) is 0 Å². The van der Waals surface area contributed by atoms with Crippen LogP contribution < -0.4 is 5.32 Å². The van der Waals surface area contributed by atoms with Crippen LogP contribution in [0.2, 0.25) is 0 Å². The van der Waals surface area contributed by atoms with Crippen LogP contribution in [0.3, 0.4) is 0 Å². The topological polar surface area (TPSA) is 49.4 Å². The summed E-state index contributed by atoms with van der Waals surface area (Å²) in [6.45, 7) is 9.71. The second-order valence-electron chi connectivity index (χ2n) is 4.91. The van der Waals surface area contributed by atoms with Gasteiger partial charge in [0.25, 0.3) is 0 Å². The Labute approximate surface area is 97.4 Å². The summed E-state index contributed by atoms with van der Waals surface area (Å²) < 4.78 is 0. The molecule has 0 saturated carbocycles. The lowest BCUT2D eigenvalue weighted by Crippen LogP contribution is -2.65. The predicted molar refractivity (Wildman–Crippen MR) is 62.8 cm³/mol. The van der Waals surface area contributed by atoms with Crippen molar-refractivity contribution in [2.75, 3.05) is 0 Å². The molecule has 16 heavy (non-hydrogen) atoms. The molecule has 1 rings (SSSR count). The van der Waals surface area contributed by atoms with Crippen molar-refractivity contribution in [1.29, 1.82) is 0 Å². The van der Waals surface area contributed by atoms with Crippen molar-refractivity contribution in [3.8, 4) is 0 Å². The van der Waals surface area contributed by atoms with Gasteiger partial charge in [0.15, 0.2) is 0 Å². The minimum absolute atomic E-state index is 0.0430. The Kier molecular flexibility index (Phi) is 3.94. The van der Waals surface area contributed by atoms with Gasteiger partial charge in [0.1, 0.15) is 12.1 Å². The third-order valence-electron chi connectivity index (χ3n) is 3.35. The molecule has 0 radical (unpaired) electrons. The normalized spacial score (nSPS) is 28.2. The van der Waals surface area contributed by atoms with E-state index < -0.39 is 0 Å². The number of hydrogen-bond acceptors (Lipinski definition) is 2. The summed E-state index contributed by atoms with van der Waals surface area (Å²) in [5.74, 6) is 0.144. The van der Waals surface area contributed by atoms with Crippen LogP contribution in [0.25, 0.3) is 0 Å². The lowest BCUT2D eigenvalue weighted by Gasteiger charge is -2.42. The fourth-order valence-corrected chi connectivity index (χ4v) is 2.06. The number of rotatable bonds is 3. The molecule has 0 bridgehead atoms. The number of carbonyl (C=O) groups is 2. The van der Waals surface area contributed by atoms with E-state index in [2.05, 4.69) is 5.32 Å². The highest BCUT2D eigenvalue weighted by Crippen LogP contribution is 2.19. The fourth-order valence-electron chi connectivity index (χ4n) is 2.06. The molecule has 4 nitrogen and oxygen atoms in total. The average molecular weight is 226 g/mol. The molecule has 0 aromatic rings. The number of nitrogens with zero attached hydrogens (tertiary/aromatic N) is 1. The molecule has 3 unspecified atom stereocenters. The summed E-state index contributed by atoms with van der Waals surface area (Å²) in [5, 5.41) is 2.79. The van der Waals surface area contributed by atoms with Gasteiger partial charge < -0.3 is 10.2 Å². The number of amides is 2. The molecule has 2 amide bonds. The molecule has 1 heterocycles. The van der Waals surface area contributed by atoms with E-state index in [0.717, 1.165) is 6.42 Å². The van der Waals surface area contributed by atoms with Gasteiger partial charge in [-0.2, -0.15) is 0 Å². The highest BCUT2D eigenvalue weighted by molar-refractivity contribution is 5.97. The highest BCUT2D eigenvalue weighted by atomic mass is 16.2. The quantitative estimate of drug-likeness (QED) is 0.785. The number of piperazine rings is 1. The van der Waals surface area contributed by atoms with Gasteiger partial charge in [0, 0.05) is 6.04 Å². The van der Waals surface area contributed by atoms with Gasteiger partial charge >= 0.3 is 0 Å². The molecule has 3 atom stereocenters. The molecule has 1 aliphatic rings. The Balaban J connectivity index is 2.95. The van der Waals surface area contributed by atoms with Gasteiger partial charge in [0.2, 0.25) is 11.8 Å². The molecule has 0 aliphatic carbocycles. The zero-order valence-corrected chi connectivity index (χ0v) is 10.8. The SMILES string of the molecule is CCC(C)N1C(=O)C(C(C)C)NC(=O)C1C. The summed E-state index contributed by atoms with van der Waals surface area (Å²) in [5.41, 5.74) is 0. The summed E-state index contributed by atoms with van der Waals surface area (Å²) >= 11 is 0. The van der Waals surface area contributed by atoms with Crippen molar-refractivity contribution in [2.24, 2.45) is 5.92 Å². The molecule has 0 spiro atoms. The first kappa shape index (κ1) is 13.0. The Morgan fingerprint density at radius 3 is 2.31 bits per heavy atom. The number of hydrogen-bond donors (Lipinski definition) is 1. The minimum atomic E-state index is -0.363. The Bertz CT molecular complexity index is 289. The van der Waals surface area contributed by atoms with Crippen molar-refractivity contribution in [1.82, 2.24) is 10.2 Å². The molecule has 1 aliphatic heterocycles. The maximum Gasteiger partial charge on any atom is 0.246 e. The number of nitrogens with one attached hydrogen (secondary N) is 1. The van der Waals surface area contributed by atoms with E-state index >= 15 is 0 Å². The standard InChI is InChI=1S/C12H22N2O2/c1-6-8(4)14-9(5)11(15)13-10(7(2)3)12(14)16/h7-10H,6H2,1-5H3,(H,13,15). The zero-order valence-electron chi connectivity index (χ0n) is 10.8. The first-order valence-electron chi connectivity index (χ1n) is 6.02. The van der Waals surface area contributed by atoms with Crippen molar-refractivity contribution >= 4 is 11.8 Å². The summed E-state index contributed by atoms with van der Waals surface area (Å²) in [7, 11) is 0. The van der Waals surface area contributed by atoms with Crippen LogP contribution >= 0.6 is 0 Å². The molecule has 92 valence electrons. The van der Waals surface area contributed by atoms with Crippen molar-refractivity contribution in [2.45, 2.75) is 59.2 Å². The molecule has 0 aromatic heterocycles. The molecule has 1 fully saturated rings. The van der Waals surface area contributed by atoms with Crippen LogP contribution in [0.15, 0.2) is 0 Å². The van der Waals surface area contributed by atoms with Gasteiger partial charge in [-0.1, -0.05) is 20.8 Å². The Morgan fingerprint density at radius 2 is 1.88 bits per heavy atom. The molecule has 1 N–H and O–H groups in total. The first-order valence-corrected chi connectivity index (χ1v) is 6.02. The van der Waals surface area contributed by atoms with E-state index in [9.17, 15) is 9.59 Å². The van der Waals surface area contributed by atoms with E-state index in [1.54, 1.807) is 11.8 Å². The first-order chi connectivity index (χ1) is 7.40. The van der Waals surface area contributed by atoms with Gasteiger partial charge in [0.05, 0.1) is 0 Å². The Morgan fingerprint density at radius 1 is 1.31 bits per heavy atom. The van der Waals surface area contributed by atoms with Crippen LogP contribution in [0, 0.1) is 5.92 Å². The summed E-state index contributed by atoms with van der Waals surface area (Å²) in [6.07, 6.45) is 0.869. The van der Waals surface area contributed by atoms with Crippen molar-refractivity contribution in [3.05, 3.63) is 0 Å². The van der Waals surface area contributed by atoms with Crippen LogP contribution in [-0.2, 0) is 9.59 Å². The van der Waals surface area contributed by atoms with E-state index in [1.165, 1.54) is 0 Å². The van der Waals surface area contributed by atoms with E-state index in [1.807, 2.05) is 27.7 Å². The fraction of sp³-hybridized carbons (Fsp3) is 0.833. The molecule has 0 aromatic carbocycles. The third kappa shape index (κ3) is 2.20. The Hall–Kier alpha value is -1.06. The monoisotopic (exact) mass is 226 g/mol. The summed E-state index contributed by atoms with van der Waals surface area (Å²) in [4.78, 5) is 25.7. The average Bonchev–Trinajstić information content (AvgIpc) is 2.22. The van der Waals surface area contributed by atoms with Crippen LogP contribution in [0.5, 0.6) is 0 Å². The highest BCUT2D eigenvalue weighted by Gasteiger charge is 2.40. The van der Waals surface area contributed by atoms with Gasteiger partial charge in [-0.3, -0.25) is 9.59 Å². The second-order valence-corrected chi connectivity index (χ2v) is 4.91. The van der Waals surface area contributed by atoms with E-state index in [4.69, 9.17) is 0 Å². The third-order valence-corrected chi connectivity index (χ3v) is 3.35. The summed E-state index contributed by atoms with van der Waals surface area (Å²) in [6, 6.07) is -0.593. The van der Waals surface area contributed by atoms with Crippen LogP contribution in [0.1, 0.15) is 41.0 Å². The van der Waals surface area contributed by atoms with Crippen molar-refractivity contribution in [3.63, 3.8) is 0 Å². The van der Waals surface area contributed by atoms with E-state index in [-0.39, 0.29) is 35.9 Å². The van der Waals surface area contributed by atoms with Crippen LogP contribution in [0.4, 0.5) is 0 Å².